The van der Waals surface area contributed by atoms with Crippen LogP contribution in [-0.4, -0.2) is 51.2 Å². The van der Waals surface area contributed by atoms with Crippen molar-refractivity contribution in [2.75, 3.05) is 0 Å². The van der Waals surface area contributed by atoms with E-state index in [4.69, 9.17) is 0 Å². The molecule has 0 aliphatic carbocycles. The van der Waals surface area contributed by atoms with Crippen molar-refractivity contribution in [2.45, 2.75) is 81.1 Å². The van der Waals surface area contributed by atoms with E-state index in [1.165, 1.54) is 0 Å². The minimum Gasteiger partial charge on any atom is -0.550 e. The Morgan fingerprint density at radius 1 is 0.448 bits per heavy atom. The Kier molecular flexibility index (Phi) is 32.9. The third-order valence-corrected chi connectivity index (χ3v) is 2.30. The molecule has 8 nitrogen and oxygen atoms in total. The summed E-state index contributed by atoms with van der Waals surface area (Å²) in [7, 11) is 0. The molecule has 0 aliphatic rings. The Morgan fingerprint density at radius 3 is 0.552 bits per heavy atom. The normalized spacial score (nSPS) is 9.24. The van der Waals surface area contributed by atoms with Gasteiger partial charge in [-0.2, -0.15) is 0 Å². The first-order chi connectivity index (χ1) is 12.5. The van der Waals surface area contributed by atoms with E-state index in [1.807, 2.05) is 55.4 Å². The standard InChI is InChI=1S/4C5H10O2.Pb/c4*1-4(2)3-5(6)7;/h4*4H,3H2,1-2H3,(H,6,7);/p-4. The second kappa shape index (κ2) is 24.8. The first-order valence-electron chi connectivity index (χ1n) is 9.30. The van der Waals surface area contributed by atoms with Gasteiger partial charge in [-0.3, -0.25) is 0 Å². The number of hydrogen-bond acceptors (Lipinski definition) is 8. The van der Waals surface area contributed by atoms with Gasteiger partial charge in [-0.05, 0) is 49.4 Å². The predicted molar refractivity (Wildman–Crippen MR) is 104 cm³/mol. The van der Waals surface area contributed by atoms with E-state index < -0.39 is 23.9 Å². The average Bonchev–Trinajstić information content (AvgIpc) is 2.32. The van der Waals surface area contributed by atoms with Crippen LogP contribution in [0.2, 0.25) is 0 Å². The second-order valence-corrected chi connectivity index (χ2v) is 7.88. The Hall–Kier alpha value is -1.20. The zero-order valence-corrected chi connectivity index (χ0v) is 22.8. The molecule has 0 heterocycles. The molecule has 0 unspecified atom stereocenters. The van der Waals surface area contributed by atoms with E-state index in [1.54, 1.807) is 0 Å². The fourth-order valence-electron chi connectivity index (χ4n) is 1.33. The molecule has 29 heavy (non-hydrogen) atoms. The summed E-state index contributed by atoms with van der Waals surface area (Å²) < 4.78 is 0. The zero-order valence-electron chi connectivity index (χ0n) is 18.9. The van der Waals surface area contributed by atoms with Crippen molar-refractivity contribution in [1.82, 2.24) is 0 Å². The SMILES string of the molecule is CC(C)CC(=O)[O-].CC(C)CC(=O)[O-].CC(C)CC(=O)[O-].CC(C)CC(=O)[O-].[Pb]. The quantitative estimate of drug-likeness (QED) is 0.308. The van der Waals surface area contributed by atoms with Crippen molar-refractivity contribution in [3.05, 3.63) is 0 Å². The van der Waals surface area contributed by atoms with Crippen LogP contribution >= 0.6 is 0 Å². The maximum Gasteiger partial charge on any atom is 0.0416 e. The third-order valence-electron chi connectivity index (χ3n) is 2.30. The van der Waals surface area contributed by atoms with Gasteiger partial charge in [0.15, 0.2) is 0 Å². The zero-order chi connectivity index (χ0) is 23.4. The van der Waals surface area contributed by atoms with Crippen LogP contribution in [-0.2, 0) is 19.2 Å². The molecule has 0 aromatic heterocycles. The average molecular weight is 612 g/mol. The van der Waals surface area contributed by atoms with E-state index in [2.05, 4.69) is 0 Å². The van der Waals surface area contributed by atoms with Crippen LogP contribution < -0.4 is 20.4 Å². The topological polar surface area (TPSA) is 161 Å². The molecule has 9 heteroatoms. The maximum atomic E-state index is 9.70. The molecule has 0 N–H and O–H groups in total. The molecule has 0 rings (SSSR count). The van der Waals surface area contributed by atoms with Crippen LogP contribution in [0.25, 0.3) is 0 Å². The van der Waals surface area contributed by atoms with Gasteiger partial charge in [-0.1, -0.05) is 55.4 Å². The van der Waals surface area contributed by atoms with Crippen molar-refractivity contribution in [3.63, 3.8) is 0 Å². The summed E-state index contributed by atoms with van der Waals surface area (Å²) in [6, 6.07) is 0. The Labute approximate surface area is 195 Å². The molecule has 0 saturated carbocycles. The third kappa shape index (κ3) is 75.2. The largest absolute Gasteiger partial charge is 0.550 e. The van der Waals surface area contributed by atoms with Gasteiger partial charge in [0, 0.05) is 51.2 Å². The number of carboxylic acids is 4. The molecule has 0 spiro atoms. The minimum atomic E-state index is -0.963. The Balaban J connectivity index is -0.0000000873. The Morgan fingerprint density at radius 2 is 0.552 bits per heavy atom. The van der Waals surface area contributed by atoms with Crippen LogP contribution in [0.3, 0.4) is 0 Å². The van der Waals surface area contributed by atoms with Gasteiger partial charge in [0.25, 0.3) is 0 Å². The number of carbonyl (C=O) groups excluding carboxylic acids is 4. The van der Waals surface area contributed by atoms with Gasteiger partial charge in [-0.25, -0.2) is 0 Å². The van der Waals surface area contributed by atoms with Crippen molar-refractivity contribution < 1.29 is 39.6 Å². The first kappa shape index (κ1) is 38.4. The molecule has 0 atom stereocenters. The van der Waals surface area contributed by atoms with Gasteiger partial charge in [-0.15, -0.1) is 0 Å². The monoisotopic (exact) mass is 612 g/mol. The van der Waals surface area contributed by atoms with Crippen molar-refractivity contribution in [3.8, 4) is 0 Å². The molecule has 0 aromatic rings. The van der Waals surface area contributed by atoms with Gasteiger partial charge >= 0.3 is 0 Å². The predicted octanol–water partition coefficient (Wildman–Crippen LogP) is -1.25. The van der Waals surface area contributed by atoms with E-state index in [9.17, 15) is 39.6 Å². The summed E-state index contributed by atoms with van der Waals surface area (Å²) in [6.07, 6.45) is 0.667. The van der Waals surface area contributed by atoms with Gasteiger partial charge < -0.3 is 39.6 Å². The van der Waals surface area contributed by atoms with Crippen LogP contribution in [0.5, 0.6) is 0 Å². The summed E-state index contributed by atoms with van der Waals surface area (Å²) in [5.41, 5.74) is 0. The van der Waals surface area contributed by atoms with E-state index >= 15 is 0 Å². The molecular weight excluding hydrogens is 575 g/mol. The summed E-state index contributed by atoms with van der Waals surface area (Å²) in [5.74, 6) is -3.00. The van der Waals surface area contributed by atoms with Crippen molar-refractivity contribution in [2.24, 2.45) is 23.7 Å². The number of hydrogen-bond donors (Lipinski definition) is 0. The fourth-order valence-corrected chi connectivity index (χ4v) is 1.33. The van der Waals surface area contributed by atoms with Crippen molar-refractivity contribution in [1.29, 1.82) is 0 Å². The molecular formula is C20H36O8Pb-4. The second-order valence-electron chi connectivity index (χ2n) is 7.88. The van der Waals surface area contributed by atoms with Crippen LogP contribution in [0.4, 0.5) is 0 Å². The summed E-state index contributed by atoms with van der Waals surface area (Å²) in [6.45, 7) is 14.7. The fraction of sp³-hybridized carbons (Fsp3) is 0.800. The molecule has 0 amide bonds. The van der Waals surface area contributed by atoms with E-state index in [-0.39, 0.29) is 76.7 Å². The van der Waals surface area contributed by atoms with E-state index in [0.717, 1.165) is 0 Å². The smallest absolute Gasteiger partial charge is 0.0416 e. The van der Waals surface area contributed by atoms with Gasteiger partial charge in [0.2, 0.25) is 0 Å². The number of aliphatic carboxylic acids is 4. The van der Waals surface area contributed by atoms with Gasteiger partial charge in [0.1, 0.15) is 0 Å². The molecule has 0 saturated heterocycles. The molecule has 0 aliphatic heterocycles. The summed E-state index contributed by atoms with van der Waals surface area (Å²) in [4.78, 5) is 38.8. The molecule has 172 valence electrons. The molecule has 4 radical (unpaired) electrons. The number of carbonyl (C=O) groups is 4. The number of rotatable bonds is 8. The minimum absolute atomic E-state index is 0. The van der Waals surface area contributed by atoms with Crippen LogP contribution in [0.15, 0.2) is 0 Å². The molecule has 0 bridgehead atoms. The summed E-state index contributed by atoms with van der Waals surface area (Å²) >= 11 is 0. The molecule has 0 fully saturated rings. The van der Waals surface area contributed by atoms with Crippen LogP contribution in [0.1, 0.15) is 81.1 Å². The number of carboxylic acid groups (broad SMARTS) is 4. The maximum absolute atomic E-state index is 9.70. The van der Waals surface area contributed by atoms with Crippen molar-refractivity contribution >= 4 is 51.2 Å². The first-order valence-corrected chi connectivity index (χ1v) is 9.30. The Bertz CT molecular complexity index is 352. The van der Waals surface area contributed by atoms with Crippen LogP contribution in [0, 0.1) is 23.7 Å². The van der Waals surface area contributed by atoms with Gasteiger partial charge in [0.05, 0.1) is 0 Å². The molecule has 0 aromatic carbocycles. The summed E-state index contributed by atoms with van der Waals surface area (Å²) in [5, 5.41) is 38.8. The van der Waals surface area contributed by atoms with E-state index in [0.29, 0.717) is 0 Å².